The summed E-state index contributed by atoms with van der Waals surface area (Å²) in [5, 5.41) is 0.617. The molecule has 1 aliphatic carbocycles. The fraction of sp³-hybridized carbons (Fsp3) is 0.444. The number of benzene rings is 2. The SMILES string of the molecule is CC(C)c1ccc(N2C(=O)CC(N(C(=O)Cc3ccc(Cl)cc3)C3CCCCC3)C2=O)cc1. The highest BCUT2D eigenvalue weighted by Gasteiger charge is 2.46. The van der Waals surface area contributed by atoms with Crippen LogP contribution in [0.1, 0.15) is 69.4 Å². The van der Waals surface area contributed by atoms with Gasteiger partial charge in [0.1, 0.15) is 6.04 Å². The van der Waals surface area contributed by atoms with Gasteiger partial charge in [-0.15, -0.1) is 0 Å². The first kappa shape index (κ1) is 23.5. The molecule has 6 heteroatoms. The lowest BCUT2D eigenvalue weighted by Crippen LogP contribution is -2.51. The van der Waals surface area contributed by atoms with Gasteiger partial charge in [0.15, 0.2) is 0 Å². The average molecular weight is 467 g/mol. The first-order valence-electron chi connectivity index (χ1n) is 11.9. The van der Waals surface area contributed by atoms with Crippen LogP contribution in [0, 0.1) is 0 Å². The molecule has 1 saturated carbocycles. The Hall–Kier alpha value is -2.66. The smallest absolute Gasteiger partial charge is 0.257 e. The number of anilines is 1. The molecule has 5 nitrogen and oxygen atoms in total. The molecule has 0 bridgehead atoms. The number of rotatable bonds is 6. The van der Waals surface area contributed by atoms with Gasteiger partial charge in [-0.25, -0.2) is 4.90 Å². The van der Waals surface area contributed by atoms with Crippen LogP contribution >= 0.6 is 11.6 Å². The third-order valence-corrected chi connectivity index (χ3v) is 7.05. The maximum atomic E-state index is 13.5. The van der Waals surface area contributed by atoms with Gasteiger partial charge in [0, 0.05) is 11.1 Å². The van der Waals surface area contributed by atoms with E-state index >= 15 is 0 Å². The molecule has 0 N–H and O–H groups in total. The number of carbonyl (C=O) groups excluding carboxylic acids is 3. The minimum Gasteiger partial charge on any atom is -0.327 e. The lowest BCUT2D eigenvalue weighted by Gasteiger charge is -2.37. The second-order valence-electron chi connectivity index (χ2n) is 9.43. The summed E-state index contributed by atoms with van der Waals surface area (Å²) in [4.78, 5) is 43.0. The van der Waals surface area contributed by atoms with E-state index in [0.29, 0.717) is 16.6 Å². The Balaban J connectivity index is 1.59. The molecule has 1 aliphatic heterocycles. The molecule has 2 fully saturated rings. The van der Waals surface area contributed by atoms with Crippen LogP contribution in [-0.2, 0) is 20.8 Å². The Morgan fingerprint density at radius 2 is 1.64 bits per heavy atom. The summed E-state index contributed by atoms with van der Waals surface area (Å²) in [7, 11) is 0. The number of halogens is 1. The van der Waals surface area contributed by atoms with E-state index in [1.165, 1.54) is 4.90 Å². The zero-order valence-corrected chi connectivity index (χ0v) is 20.1. The van der Waals surface area contributed by atoms with Gasteiger partial charge in [-0.1, -0.05) is 69.0 Å². The van der Waals surface area contributed by atoms with Crippen LogP contribution in [-0.4, -0.2) is 34.7 Å². The van der Waals surface area contributed by atoms with E-state index < -0.39 is 6.04 Å². The first-order valence-corrected chi connectivity index (χ1v) is 12.3. The number of hydrogen-bond donors (Lipinski definition) is 0. The van der Waals surface area contributed by atoms with Crippen LogP contribution in [0.25, 0.3) is 0 Å². The maximum Gasteiger partial charge on any atom is 0.257 e. The minimum atomic E-state index is -0.745. The summed E-state index contributed by atoms with van der Waals surface area (Å²) >= 11 is 5.99. The topological polar surface area (TPSA) is 57.7 Å². The lowest BCUT2D eigenvalue weighted by molar-refractivity contribution is -0.141. The van der Waals surface area contributed by atoms with Crippen LogP contribution in [0.2, 0.25) is 5.02 Å². The van der Waals surface area contributed by atoms with Crippen LogP contribution in [0.4, 0.5) is 5.69 Å². The number of amides is 3. The molecule has 0 radical (unpaired) electrons. The van der Waals surface area contributed by atoms with Crippen molar-refractivity contribution in [2.24, 2.45) is 0 Å². The predicted molar refractivity (Wildman–Crippen MR) is 130 cm³/mol. The van der Waals surface area contributed by atoms with Gasteiger partial charge in [-0.3, -0.25) is 14.4 Å². The van der Waals surface area contributed by atoms with Crippen molar-refractivity contribution in [1.82, 2.24) is 4.90 Å². The Kier molecular flexibility index (Phi) is 7.18. The van der Waals surface area contributed by atoms with Crippen molar-refractivity contribution in [3.8, 4) is 0 Å². The van der Waals surface area contributed by atoms with E-state index in [1.807, 2.05) is 36.4 Å². The van der Waals surface area contributed by atoms with Crippen molar-refractivity contribution in [1.29, 1.82) is 0 Å². The Morgan fingerprint density at radius 3 is 2.24 bits per heavy atom. The summed E-state index contributed by atoms with van der Waals surface area (Å²) in [6.45, 7) is 4.21. The molecule has 3 amide bonds. The molecular formula is C27H31ClN2O3. The lowest BCUT2D eigenvalue weighted by atomic mass is 9.92. The van der Waals surface area contributed by atoms with E-state index in [-0.39, 0.29) is 36.6 Å². The highest BCUT2D eigenvalue weighted by Crippen LogP contribution is 2.32. The van der Waals surface area contributed by atoms with Gasteiger partial charge < -0.3 is 4.90 Å². The molecule has 33 heavy (non-hydrogen) atoms. The Labute approximate surface area is 200 Å². The zero-order chi connectivity index (χ0) is 23.5. The van der Waals surface area contributed by atoms with E-state index in [9.17, 15) is 14.4 Å². The summed E-state index contributed by atoms with van der Waals surface area (Å²) in [5.74, 6) is -0.286. The quantitative estimate of drug-likeness (QED) is 0.528. The standard InChI is InChI=1S/C27H31ClN2O3/c1-18(2)20-10-14-23(15-11-20)30-26(32)17-24(27(30)33)29(22-6-4-3-5-7-22)25(31)16-19-8-12-21(28)13-9-19/h8-15,18,22,24H,3-7,16-17H2,1-2H3. The normalized spacial score (nSPS) is 19.4. The third kappa shape index (κ3) is 5.14. The third-order valence-electron chi connectivity index (χ3n) is 6.80. The summed E-state index contributed by atoms with van der Waals surface area (Å²) in [6, 6.07) is 14.0. The van der Waals surface area contributed by atoms with Crippen molar-refractivity contribution < 1.29 is 14.4 Å². The largest absolute Gasteiger partial charge is 0.327 e. The maximum absolute atomic E-state index is 13.5. The zero-order valence-electron chi connectivity index (χ0n) is 19.3. The number of hydrogen-bond acceptors (Lipinski definition) is 3. The van der Waals surface area contributed by atoms with Crippen LogP contribution in [0.15, 0.2) is 48.5 Å². The van der Waals surface area contributed by atoms with Crippen molar-refractivity contribution in [2.75, 3.05) is 4.90 Å². The highest BCUT2D eigenvalue weighted by atomic mass is 35.5. The Bertz CT molecular complexity index is 1010. The molecule has 0 spiro atoms. The molecular weight excluding hydrogens is 436 g/mol. The Morgan fingerprint density at radius 1 is 1.00 bits per heavy atom. The van der Waals surface area contributed by atoms with Gasteiger partial charge in [0.25, 0.3) is 5.91 Å². The van der Waals surface area contributed by atoms with Crippen molar-refractivity contribution in [3.05, 3.63) is 64.7 Å². The van der Waals surface area contributed by atoms with Gasteiger partial charge >= 0.3 is 0 Å². The van der Waals surface area contributed by atoms with Gasteiger partial charge in [0.2, 0.25) is 11.8 Å². The molecule has 2 aromatic rings. The van der Waals surface area contributed by atoms with E-state index in [1.54, 1.807) is 17.0 Å². The molecule has 1 unspecified atom stereocenters. The summed E-state index contributed by atoms with van der Waals surface area (Å²) in [5.41, 5.74) is 2.57. The number of carbonyl (C=O) groups is 3. The second kappa shape index (κ2) is 10.1. The van der Waals surface area contributed by atoms with Crippen molar-refractivity contribution in [2.45, 2.75) is 76.8 Å². The monoisotopic (exact) mass is 466 g/mol. The number of nitrogens with zero attached hydrogens (tertiary/aromatic N) is 2. The molecule has 1 heterocycles. The summed E-state index contributed by atoms with van der Waals surface area (Å²) < 4.78 is 0. The molecule has 174 valence electrons. The van der Waals surface area contributed by atoms with E-state index in [4.69, 9.17) is 11.6 Å². The fourth-order valence-electron chi connectivity index (χ4n) is 4.97. The second-order valence-corrected chi connectivity index (χ2v) is 9.87. The van der Waals surface area contributed by atoms with Crippen LogP contribution in [0.3, 0.4) is 0 Å². The average Bonchev–Trinajstić information content (AvgIpc) is 3.09. The molecule has 1 atom stereocenters. The van der Waals surface area contributed by atoms with Gasteiger partial charge in [0.05, 0.1) is 18.5 Å². The predicted octanol–water partition coefficient (Wildman–Crippen LogP) is 5.50. The minimum absolute atomic E-state index is 0.0106. The molecule has 0 aromatic heterocycles. The number of imide groups is 1. The molecule has 1 saturated heterocycles. The fourth-order valence-corrected chi connectivity index (χ4v) is 5.10. The first-order chi connectivity index (χ1) is 15.8. The van der Waals surface area contributed by atoms with Crippen LogP contribution in [0.5, 0.6) is 0 Å². The van der Waals surface area contributed by atoms with Gasteiger partial charge in [-0.2, -0.15) is 0 Å². The van der Waals surface area contributed by atoms with Gasteiger partial charge in [-0.05, 0) is 54.2 Å². The van der Waals surface area contributed by atoms with E-state index in [2.05, 4.69) is 13.8 Å². The summed E-state index contributed by atoms with van der Waals surface area (Å²) in [6.07, 6.45) is 5.17. The van der Waals surface area contributed by atoms with Crippen LogP contribution < -0.4 is 4.90 Å². The highest BCUT2D eigenvalue weighted by molar-refractivity contribution is 6.30. The molecule has 2 aromatic carbocycles. The molecule has 4 rings (SSSR count). The van der Waals surface area contributed by atoms with Crippen molar-refractivity contribution in [3.63, 3.8) is 0 Å². The molecule has 2 aliphatic rings. The van der Waals surface area contributed by atoms with E-state index in [0.717, 1.165) is 43.2 Å². The van der Waals surface area contributed by atoms with Crippen molar-refractivity contribution >= 4 is 35.0 Å².